The van der Waals surface area contributed by atoms with Crippen molar-refractivity contribution in [2.45, 2.75) is 104 Å². The van der Waals surface area contributed by atoms with Crippen LogP contribution >= 0.6 is 0 Å². The van der Waals surface area contributed by atoms with E-state index >= 15 is 0 Å². The van der Waals surface area contributed by atoms with Gasteiger partial charge in [0.1, 0.15) is 17.7 Å². The van der Waals surface area contributed by atoms with Gasteiger partial charge in [0.05, 0.1) is 6.04 Å². The van der Waals surface area contributed by atoms with E-state index in [2.05, 4.69) is 10.6 Å². The highest BCUT2D eigenvalue weighted by Gasteiger charge is 2.69. The molecule has 2 saturated carbocycles. The number of fused-ring (bicyclic) bond motifs is 1. The first kappa shape index (κ1) is 31.3. The lowest BCUT2D eigenvalue weighted by atomic mass is 9.80. The van der Waals surface area contributed by atoms with Crippen LogP contribution in [0.5, 0.6) is 0 Å². The molecule has 40 heavy (non-hydrogen) atoms. The van der Waals surface area contributed by atoms with Gasteiger partial charge in [-0.2, -0.15) is 0 Å². The van der Waals surface area contributed by atoms with Crippen LogP contribution in [0.3, 0.4) is 0 Å². The molecule has 3 fully saturated rings. The van der Waals surface area contributed by atoms with Gasteiger partial charge in [-0.3, -0.25) is 24.0 Å². The molecule has 1 heterocycles. The Morgan fingerprint density at radius 1 is 1.07 bits per heavy atom. The Labute approximate surface area is 236 Å². The zero-order valence-electron chi connectivity index (χ0n) is 24.5. The van der Waals surface area contributed by atoms with Gasteiger partial charge < -0.3 is 26.0 Å². The molecule has 0 aromatic heterocycles. The number of hydrogen-bond acceptors (Lipinski definition) is 7. The number of nitrogens with zero attached hydrogens (tertiary/aromatic N) is 1. The predicted octanol–water partition coefficient (Wildman–Crippen LogP) is 2.02. The van der Waals surface area contributed by atoms with Gasteiger partial charge in [-0.25, -0.2) is 4.79 Å². The number of rotatable bonds is 12. The van der Waals surface area contributed by atoms with E-state index in [1.54, 1.807) is 33.8 Å². The molecule has 3 aliphatic rings. The number of amides is 4. The van der Waals surface area contributed by atoms with E-state index in [0.717, 1.165) is 19.3 Å². The summed E-state index contributed by atoms with van der Waals surface area (Å²) in [5, 5.41) is 5.34. The smallest absolute Gasteiger partial charge is 0.408 e. The number of ketones is 2. The van der Waals surface area contributed by atoms with E-state index in [1.165, 1.54) is 11.0 Å². The topological polar surface area (TPSA) is 165 Å². The standard InChI is InChI=1S/C29H44N4O7/c1-7-9-17(34)12-13-19(32-27(39)40-28(2,3)4)26(38)33-15-18-21(29(18,5)6)22(33)25(37)31-20(23(35)24(30)36)14-16-10-8-11-16/h7,9,16,18-22H,8,10-15H2,1-6H3,(H2,30,36)(H,31,37)(H,32,39)/b9-7+/t18?,19-,20?,21-,22-/m0/s1. The molecule has 11 nitrogen and oxygen atoms in total. The second-order valence-corrected chi connectivity index (χ2v) is 12.9. The van der Waals surface area contributed by atoms with Crippen molar-refractivity contribution >= 4 is 35.4 Å². The van der Waals surface area contributed by atoms with E-state index in [-0.39, 0.29) is 41.8 Å². The average Bonchev–Trinajstić information content (AvgIpc) is 3.14. The fourth-order valence-electron chi connectivity index (χ4n) is 6.00. The van der Waals surface area contributed by atoms with Crippen LogP contribution in [0.4, 0.5) is 4.79 Å². The fraction of sp³-hybridized carbons (Fsp3) is 0.724. The molecule has 2 aliphatic carbocycles. The van der Waals surface area contributed by atoms with Crippen molar-refractivity contribution in [1.29, 1.82) is 0 Å². The van der Waals surface area contributed by atoms with E-state index in [4.69, 9.17) is 10.5 Å². The molecule has 222 valence electrons. The molecule has 5 atom stereocenters. The Morgan fingerprint density at radius 3 is 2.25 bits per heavy atom. The number of likely N-dealkylation sites (tertiary alicyclic amines) is 1. The number of primary amides is 1. The lowest BCUT2D eigenvalue weighted by Crippen LogP contribution is -2.58. The summed E-state index contributed by atoms with van der Waals surface area (Å²) in [6.07, 6.45) is 5.40. The summed E-state index contributed by atoms with van der Waals surface area (Å²) in [7, 11) is 0. The van der Waals surface area contributed by atoms with Gasteiger partial charge in [0.2, 0.25) is 17.6 Å². The van der Waals surface area contributed by atoms with Crippen LogP contribution < -0.4 is 16.4 Å². The highest BCUT2D eigenvalue weighted by molar-refractivity contribution is 6.37. The van der Waals surface area contributed by atoms with Crippen molar-refractivity contribution in [2.75, 3.05) is 6.54 Å². The molecule has 2 unspecified atom stereocenters. The largest absolute Gasteiger partial charge is 0.444 e. The lowest BCUT2D eigenvalue weighted by molar-refractivity contribution is -0.144. The minimum Gasteiger partial charge on any atom is -0.444 e. The number of piperidine rings is 1. The Hall–Kier alpha value is -3.24. The molecule has 0 radical (unpaired) electrons. The molecule has 0 spiro atoms. The number of carbonyl (C=O) groups is 6. The van der Waals surface area contributed by atoms with E-state index < -0.39 is 53.3 Å². The van der Waals surface area contributed by atoms with Gasteiger partial charge in [0.25, 0.3) is 5.91 Å². The molecule has 4 amide bonds. The Balaban J connectivity index is 1.82. The summed E-state index contributed by atoms with van der Waals surface area (Å²) in [4.78, 5) is 78.1. The van der Waals surface area contributed by atoms with E-state index in [9.17, 15) is 28.8 Å². The van der Waals surface area contributed by atoms with E-state index in [1.807, 2.05) is 13.8 Å². The van der Waals surface area contributed by atoms with Crippen molar-refractivity contribution in [3.05, 3.63) is 12.2 Å². The molecule has 1 saturated heterocycles. The molecule has 11 heteroatoms. The van der Waals surface area contributed by atoms with Crippen LogP contribution in [-0.2, 0) is 28.7 Å². The van der Waals surface area contributed by atoms with Crippen LogP contribution in [0, 0.1) is 23.2 Å². The maximum absolute atomic E-state index is 13.9. The minimum absolute atomic E-state index is 0.0101. The minimum atomic E-state index is -1.11. The first-order valence-corrected chi connectivity index (χ1v) is 14.2. The van der Waals surface area contributed by atoms with Crippen molar-refractivity contribution in [2.24, 2.45) is 28.9 Å². The number of ether oxygens (including phenoxy) is 1. The summed E-state index contributed by atoms with van der Waals surface area (Å²) in [6.45, 7) is 11.1. The molecule has 1 aliphatic heterocycles. The first-order chi connectivity index (χ1) is 18.6. The highest BCUT2D eigenvalue weighted by atomic mass is 16.6. The van der Waals surface area contributed by atoms with Gasteiger partial charge in [-0.15, -0.1) is 0 Å². The Bertz CT molecular complexity index is 1070. The van der Waals surface area contributed by atoms with Gasteiger partial charge >= 0.3 is 6.09 Å². The normalized spacial score (nSPS) is 24.9. The van der Waals surface area contributed by atoms with Gasteiger partial charge in [0.15, 0.2) is 5.78 Å². The Morgan fingerprint density at radius 2 is 1.73 bits per heavy atom. The maximum Gasteiger partial charge on any atom is 0.408 e. The number of carbonyl (C=O) groups excluding carboxylic acids is 6. The Kier molecular flexibility index (Phi) is 9.46. The number of nitrogens with two attached hydrogens (primary N) is 1. The predicted molar refractivity (Wildman–Crippen MR) is 147 cm³/mol. The number of hydrogen-bond donors (Lipinski definition) is 3. The summed E-state index contributed by atoms with van der Waals surface area (Å²) in [6, 6.07) is -3.05. The lowest BCUT2D eigenvalue weighted by Gasteiger charge is -2.34. The highest BCUT2D eigenvalue weighted by Crippen LogP contribution is 2.65. The number of alkyl carbamates (subject to hydrolysis) is 1. The molecule has 0 aromatic carbocycles. The summed E-state index contributed by atoms with van der Waals surface area (Å²) >= 11 is 0. The zero-order chi connectivity index (χ0) is 30.0. The van der Waals surface area contributed by atoms with Gasteiger partial charge in [0, 0.05) is 13.0 Å². The summed E-state index contributed by atoms with van der Waals surface area (Å²) < 4.78 is 5.35. The number of allylic oxidation sites excluding steroid dienone is 2. The maximum atomic E-state index is 13.9. The molecule has 0 aromatic rings. The van der Waals surface area contributed by atoms with Crippen molar-refractivity contribution in [3.8, 4) is 0 Å². The second-order valence-electron chi connectivity index (χ2n) is 12.9. The van der Waals surface area contributed by atoms with Crippen LogP contribution in [0.25, 0.3) is 0 Å². The van der Waals surface area contributed by atoms with Crippen LogP contribution in [0.1, 0.15) is 80.1 Å². The SMILES string of the molecule is C/C=C/C(=O)CC[C@H](NC(=O)OC(C)(C)C)C(=O)N1CC2[C@@H]([C@H]1C(=O)NC(CC1CCC1)C(=O)C(N)=O)C2(C)C. The molecular formula is C29H44N4O7. The van der Waals surface area contributed by atoms with E-state index in [0.29, 0.717) is 13.0 Å². The quantitative estimate of drug-likeness (QED) is 0.243. The van der Waals surface area contributed by atoms with Crippen LogP contribution in [0.15, 0.2) is 12.2 Å². The monoisotopic (exact) mass is 560 g/mol. The van der Waals surface area contributed by atoms with Crippen LogP contribution in [-0.4, -0.2) is 70.6 Å². The molecule has 4 N–H and O–H groups in total. The average molecular weight is 561 g/mol. The third-order valence-corrected chi connectivity index (χ3v) is 8.45. The van der Waals surface area contributed by atoms with Crippen molar-refractivity contribution in [1.82, 2.24) is 15.5 Å². The summed E-state index contributed by atoms with van der Waals surface area (Å²) in [5.41, 5.74) is 4.27. The molecule has 0 bridgehead atoms. The third-order valence-electron chi connectivity index (χ3n) is 8.45. The number of Topliss-reactive ketones (excluding diaryl/α,β-unsaturated/α-hetero) is 1. The van der Waals surface area contributed by atoms with Crippen LogP contribution in [0.2, 0.25) is 0 Å². The molecular weight excluding hydrogens is 516 g/mol. The van der Waals surface area contributed by atoms with Gasteiger partial charge in [-0.05, 0) is 69.8 Å². The summed E-state index contributed by atoms with van der Waals surface area (Å²) in [5.74, 6) is -3.07. The van der Waals surface area contributed by atoms with Gasteiger partial charge in [-0.1, -0.05) is 39.2 Å². The van der Waals surface area contributed by atoms with Crippen molar-refractivity contribution < 1.29 is 33.5 Å². The second kappa shape index (κ2) is 12.1. The number of nitrogens with one attached hydrogen (secondary N) is 2. The molecule has 3 rings (SSSR count). The van der Waals surface area contributed by atoms with Crippen molar-refractivity contribution in [3.63, 3.8) is 0 Å². The zero-order valence-corrected chi connectivity index (χ0v) is 24.5. The first-order valence-electron chi connectivity index (χ1n) is 14.2. The third kappa shape index (κ3) is 7.28. The fourth-order valence-corrected chi connectivity index (χ4v) is 6.00.